The van der Waals surface area contributed by atoms with E-state index in [0.29, 0.717) is 56.6 Å². The Balaban J connectivity index is 1.05. The number of nitriles is 1. The van der Waals surface area contributed by atoms with Crippen LogP contribution in [0.25, 0.3) is 0 Å². The number of aryl methyl sites for hydroxylation is 1. The number of hydrogen-bond acceptors (Lipinski definition) is 9. The fourth-order valence-electron chi connectivity index (χ4n) is 8.67. The quantitative estimate of drug-likeness (QED) is 0.148. The van der Waals surface area contributed by atoms with Crippen LogP contribution in [0.3, 0.4) is 0 Å². The Morgan fingerprint density at radius 3 is 2.35 bits per heavy atom. The van der Waals surface area contributed by atoms with E-state index in [-0.39, 0.29) is 52.5 Å². The molecule has 15 heteroatoms. The van der Waals surface area contributed by atoms with Crippen molar-refractivity contribution in [2.24, 2.45) is 5.92 Å². The number of hydrogen-bond donors (Lipinski definition) is 1. The van der Waals surface area contributed by atoms with Crippen LogP contribution < -0.4 is 19.9 Å². The average Bonchev–Trinajstić information content (AvgIpc) is 3.35. The maximum Gasteiger partial charge on any atom is 0.417 e. The van der Waals surface area contributed by atoms with Crippen molar-refractivity contribution in [3.05, 3.63) is 88.5 Å². The first kappa shape index (κ1) is 44.4. The van der Waals surface area contributed by atoms with Crippen LogP contribution in [0.2, 0.25) is 0 Å². The van der Waals surface area contributed by atoms with Crippen molar-refractivity contribution in [1.82, 2.24) is 15.1 Å². The molecule has 3 aliphatic heterocycles. The van der Waals surface area contributed by atoms with Gasteiger partial charge < -0.3 is 9.64 Å². The van der Waals surface area contributed by atoms with Crippen molar-refractivity contribution in [2.75, 3.05) is 36.0 Å². The zero-order valence-electron chi connectivity index (χ0n) is 34.8. The smallest absolute Gasteiger partial charge is 0.417 e. The second kappa shape index (κ2) is 17.8. The maximum atomic E-state index is 13.8. The van der Waals surface area contributed by atoms with E-state index in [1.807, 2.05) is 50.2 Å². The van der Waals surface area contributed by atoms with E-state index in [1.165, 1.54) is 6.07 Å². The van der Waals surface area contributed by atoms with E-state index in [4.69, 9.17) is 17.0 Å². The SMILES string of the molecule is CCc1cc(N2C(=S)N(c3ccc(C#N)c(C(F)(F)F)c3)C(=O)C2(C)C)ccc1O[C@@H](C)CN1C[C@@H](C)N(CC(=O)Cc2cccc(CC3CCC(=O)NC3=O)c2)[C@@H](C)C1. The minimum absolute atomic E-state index is 0.0206. The summed E-state index contributed by atoms with van der Waals surface area (Å²) >= 11 is 5.75. The molecule has 0 aliphatic carbocycles. The van der Waals surface area contributed by atoms with E-state index >= 15 is 0 Å². The molecular formula is C45H51F3N6O5S. The van der Waals surface area contributed by atoms with Crippen molar-refractivity contribution < 1.29 is 37.1 Å². The van der Waals surface area contributed by atoms with Crippen molar-refractivity contribution in [3.8, 4) is 11.8 Å². The van der Waals surface area contributed by atoms with Gasteiger partial charge in [-0.05, 0) is 119 Å². The Bertz CT molecular complexity index is 2210. The zero-order valence-corrected chi connectivity index (χ0v) is 35.6. The van der Waals surface area contributed by atoms with Gasteiger partial charge in [0.2, 0.25) is 11.8 Å². The third-order valence-electron chi connectivity index (χ3n) is 11.6. The first-order valence-corrected chi connectivity index (χ1v) is 20.7. The molecule has 0 bridgehead atoms. The summed E-state index contributed by atoms with van der Waals surface area (Å²) in [6.07, 6.45) is -2.71. The molecular weight excluding hydrogens is 794 g/mol. The molecule has 0 aromatic heterocycles. The molecule has 3 fully saturated rings. The number of anilines is 2. The lowest BCUT2D eigenvalue weighted by molar-refractivity contribution is -0.138. The molecule has 0 radical (unpaired) electrons. The number of carbonyl (C=O) groups is 4. The molecule has 3 heterocycles. The van der Waals surface area contributed by atoms with Crippen molar-refractivity contribution in [2.45, 2.75) is 104 Å². The standard InChI is InChI=1S/C45H51F3N6O5S/c1-7-32-20-36(54-43(60)53(42(58)44(54,5)6)35-13-11-34(22-49)38(21-35)45(46,47)48)14-15-39(32)59-29(4)25-51-23-27(2)52(28(3)24-51)26-37(55)19-31-10-8-9-30(17-31)18-33-12-16-40(56)50-41(33)57/h8-11,13-15,17,20-21,27-29,33H,7,12,16,18-19,23-26H2,1-6H3,(H,50,56,57)/t27-,28+,29-,33?/m0/s1. The van der Waals surface area contributed by atoms with Crippen molar-refractivity contribution >= 4 is 52.2 Å². The molecule has 1 N–H and O–H groups in total. The number of halogens is 3. The van der Waals surface area contributed by atoms with E-state index in [2.05, 4.69) is 29.0 Å². The molecule has 1 unspecified atom stereocenters. The molecule has 3 aromatic rings. The summed E-state index contributed by atoms with van der Waals surface area (Å²) in [5.41, 5.74) is 0.357. The summed E-state index contributed by atoms with van der Waals surface area (Å²) in [5, 5.41) is 11.7. The molecule has 6 rings (SSSR count). The van der Waals surface area contributed by atoms with Gasteiger partial charge in [0.05, 0.1) is 29.4 Å². The van der Waals surface area contributed by atoms with Crippen LogP contribution in [-0.4, -0.2) is 88.3 Å². The Labute approximate surface area is 354 Å². The Morgan fingerprint density at radius 2 is 1.70 bits per heavy atom. The number of alkyl halides is 3. The number of piperidine rings is 1. The minimum atomic E-state index is -4.80. The number of imide groups is 1. The Morgan fingerprint density at radius 1 is 1.02 bits per heavy atom. The molecule has 3 aliphatic rings. The fraction of sp³-hybridized carbons (Fsp3) is 0.467. The van der Waals surface area contributed by atoms with Crippen LogP contribution in [0.4, 0.5) is 24.5 Å². The third-order valence-corrected chi connectivity index (χ3v) is 12.0. The van der Waals surface area contributed by atoms with Gasteiger partial charge in [0.1, 0.15) is 17.4 Å². The van der Waals surface area contributed by atoms with Gasteiger partial charge in [-0.15, -0.1) is 0 Å². The summed E-state index contributed by atoms with van der Waals surface area (Å²) in [6, 6.07) is 18.2. The van der Waals surface area contributed by atoms with Crippen LogP contribution >= 0.6 is 12.2 Å². The number of carbonyl (C=O) groups excluding carboxylic acids is 4. The largest absolute Gasteiger partial charge is 0.489 e. The summed E-state index contributed by atoms with van der Waals surface area (Å²) in [4.78, 5) is 58.2. The molecule has 3 aromatic carbocycles. The van der Waals surface area contributed by atoms with E-state index in [0.717, 1.165) is 46.8 Å². The Hall–Kier alpha value is -5.17. The van der Waals surface area contributed by atoms with Gasteiger partial charge in [-0.25, -0.2) is 0 Å². The number of amides is 3. The number of benzene rings is 3. The molecule has 60 heavy (non-hydrogen) atoms. The fourth-order valence-corrected chi connectivity index (χ4v) is 9.19. The van der Waals surface area contributed by atoms with Crippen LogP contribution in [0.5, 0.6) is 5.75 Å². The van der Waals surface area contributed by atoms with Gasteiger partial charge in [-0.1, -0.05) is 31.2 Å². The molecule has 318 valence electrons. The summed E-state index contributed by atoms with van der Waals surface area (Å²) in [6.45, 7) is 14.1. The number of nitrogens with one attached hydrogen (secondary N) is 1. The highest BCUT2D eigenvalue weighted by molar-refractivity contribution is 7.81. The first-order chi connectivity index (χ1) is 28.3. The van der Waals surface area contributed by atoms with E-state index in [1.54, 1.807) is 30.9 Å². The van der Waals surface area contributed by atoms with E-state index in [9.17, 15) is 37.6 Å². The van der Waals surface area contributed by atoms with Gasteiger partial charge in [0.15, 0.2) is 10.9 Å². The lowest BCUT2D eigenvalue weighted by atomic mass is 9.90. The minimum Gasteiger partial charge on any atom is -0.489 e. The van der Waals surface area contributed by atoms with Gasteiger partial charge in [-0.2, -0.15) is 18.4 Å². The highest BCUT2D eigenvalue weighted by atomic mass is 32.1. The summed E-state index contributed by atoms with van der Waals surface area (Å²) in [7, 11) is 0. The lowest BCUT2D eigenvalue weighted by Gasteiger charge is -2.44. The predicted octanol–water partition coefficient (Wildman–Crippen LogP) is 6.63. The molecule has 3 saturated heterocycles. The molecule has 0 saturated carbocycles. The van der Waals surface area contributed by atoms with Gasteiger partial charge >= 0.3 is 6.18 Å². The van der Waals surface area contributed by atoms with Crippen LogP contribution in [0.15, 0.2) is 60.7 Å². The lowest BCUT2D eigenvalue weighted by Crippen LogP contribution is -2.59. The second-order valence-corrected chi connectivity index (χ2v) is 17.1. The van der Waals surface area contributed by atoms with Crippen molar-refractivity contribution in [3.63, 3.8) is 0 Å². The van der Waals surface area contributed by atoms with E-state index < -0.39 is 28.7 Å². The molecule has 4 atom stereocenters. The number of ketones is 1. The van der Waals surface area contributed by atoms with Crippen LogP contribution in [-0.2, 0) is 44.6 Å². The van der Waals surface area contributed by atoms with Crippen LogP contribution in [0, 0.1) is 17.2 Å². The van der Waals surface area contributed by atoms with Gasteiger partial charge in [-0.3, -0.25) is 39.2 Å². The predicted molar refractivity (Wildman–Crippen MR) is 226 cm³/mol. The molecule has 0 spiro atoms. The summed E-state index contributed by atoms with van der Waals surface area (Å²) < 4.78 is 48.0. The normalized spacial score (nSPS) is 21.8. The second-order valence-electron chi connectivity index (χ2n) is 16.7. The van der Waals surface area contributed by atoms with Crippen LogP contribution in [0.1, 0.15) is 82.2 Å². The molecule has 3 amide bonds. The van der Waals surface area contributed by atoms with Crippen molar-refractivity contribution in [1.29, 1.82) is 5.26 Å². The first-order valence-electron chi connectivity index (χ1n) is 20.3. The number of ether oxygens (including phenoxy) is 1. The van der Waals surface area contributed by atoms with Gasteiger partial charge in [0.25, 0.3) is 5.91 Å². The maximum absolute atomic E-state index is 13.8. The number of thiocarbonyl (C=S) groups is 1. The molecule has 11 nitrogen and oxygen atoms in total. The third kappa shape index (κ3) is 9.56. The number of rotatable bonds is 13. The monoisotopic (exact) mass is 844 g/mol. The topological polar surface area (TPSA) is 126 Å². The van der Waals surface area contributed by atoms with Gasteiger partial charge in [0, 0.05) is 56.2 Å². The average molecular weight is 845 g/mol. The number of nitrogens with zero attached hydrogens (tertiary/aromatic N) is 5. The summed E-state index contributed by atoms with van der Waals surface area (Å²) in [5.74, 6) is -0.435. The number of Topliss-reactive ketones (excluding diaryl/α,β-unsaturated/α-hetero) is 1. The number of piperazine rings is 1. The highest BCUT2D eigenvalue weighted by Crippen LogP contribution is 2.41. The Kier molecular flexibility index (Phi) is 13.2. The zero-order chi connectivity index (χ0) is 43.7. The highest BCUT2D eigenvalue weighted by Gasteiger charge is 2.51.